The number of ether oxygens (including phenoxy) is 1. The summed E-state index contributed by atoms with van der Waals surface area (Å²) in [5.41, 5.74) is 0.375. The van der Waals surface area contributed by atoms with Gasteiger partial charge in [0.1, 0.15) is 5.82 Å². The molecule has 2 aliphatic heterocycles. The van der Waals surface area contributed by atoms with Crippen molar-refractivity contribution in [2.45, 2.75) is 6.04 Å². The van der Waals surface area contributed by atoms with Gasteiger partial charge in [0.2, 0.25) is 0 Å². The van der Waals surface area contributed by atoms with Gasteiger partial charge in [-0.3, -0.25) is 9.59 Å². The van der Waals surface area contributed by atoms with Crippen molar-refractivity contribution in [3.05, 3.63) is 35.6 Å². The molecule has 0 saturated carbocycles. The van der Waals surface area contributed by atoms with Crippen molar-refractivity contribution in [3.63, 3.8) is 0 Å². The monoisotopic (exact) mass is 278 g/mol. The summed E-state index contributed by atoms with van der Waals surface area (Å²) in [4.78, 5) is 37.4. The number of benzene rings is 1. The zero-order valence-corrected chi connectivity index (χ0v) is 10.4. The van der Waals surface area contributed by atoms with E-state index in [9.17, 15) is 18.8 Å². The standard InChI is InChI=1S/C13H11FN2O4/c14-9-3-1-8(2-4-9)12(18)15-5-10(6-15)16-11(17)7-20-13(16)19/h1-4,10H,5-7H2. The molecule has 1 aromatic carbocycles. The molecule has 2 fully saturated rings. The van der Waals surface area contributed by atoms with Gasteiger partial charge in [0, 0.05) is 18.7 Å². The molecule has 3 rings (SSSR count). The van der Waals surface area contributed by atoms with Gasteiger partial charge in [0.05, 0.1) is 6.04 Å². The molecule has 2 heterocycles. The van der Waals surface area contributed by atoms with Crippen LogP contribution in [0.25, 0.3) is 0 Å². The predicted octanol–water partition coefficient (Wildman–Crippen LogP) is 0.629. The molecule has 3 amide bonds. The molecule has 6 nitrogen and oxygen atoms in total. The van der Waals surface area contributed by atoms with Crippen LogP contribution in [0.1, 0.15) is 10.4 Å². The lowest BCUT2D eigenvalue weighted by Crippen LogP contribution is -2.62. The largest absolute Gasteiger partial charge is 0.439 e. The van der Waals surface area contributed by atoms with E-state index >= 15 is 0 Å². The summed E-state index contributed by atoms with van der Waals surface area (Å²) < 4.78 is 17.4. The van der Waals surface area contributed by atoms with E-state index in [1.54, 1.807) is 0 Å². The van der Waals surface area contributed by atoms with Gasteiger partial charge >= 0.3 is 6.09 Å². The molecule has 0 N–H and O–H groups in total. The average Bonchev–Trinajstić information content (AvgIpc) is 2.70. The Kier molecular flexibility index (Phi) is 2.89. The molecule has 7 heteroatoms. The van der Waals surface area contributed by atoms with Crippen molar-refractivity contribution in [2.75, 3.05) is 19.7 Å². The van der Waals surface area contributed by atoms with Gasteiger partial charge in [-0.25, -0.2) is 14.1 Å². The summed E-state index contributed by atoms with van der Waals surface area (Å²) in [6, 6.07) is 4.90. The topological polar surface area (TPSA) is 66.9 Å². The van der Waals surface area contributed by atoms with Crippen LogP contribution < -0.4 is 0 Å². The molecule has 0 atom stereocenters. The number of carbonyl (C=O) groups excluding carboxylic acids is 3. The van der Waals surface area contributed by atoms with E-state index in [-0.39, 0.29) is 37.6 Å². The minimum absolute atomic E-state index is 0.235. The van der Waals surface area contributed by atoms with Gasteiger partial charge < -0.3 is 9.64 Å². The zero-order valence-electron chi connectivity index (χ0n) is 10.4. The van der Waals surface area contributed by atoms with E-state index in [2.05, 4.69) is 4.74 Å². The highest BCUT2D eigenvalue weighted by Crippen LogP contribution is 2.21. The Bertz CT molecular complexity index is 565. The van der Waals surface area contributed by atoms with Crippen LogP contribution in [0.4, 0.5) is 9.18 Å². The van der Waals surface area contributed by atoms with E-state index in [0.717, 1.165) is 4.90 Å². The Morgan fingerprint density at radius 2 is 1.85 bits per heavy atom. The number of hydrogen-bond donors (Lipinski definition) is 0. The lowest BCUT2D eigenvalue weighted by atomic mass is 10.1. The molecule has 2 aliphatic rings. The molecule has 0 unspecified atom stereocenters. The Morgan fingerprint density at radius 1 is 1.20 bits per heavy atom. The third-order valence-electron chi connectivity index (χ3n) is 3.39. The first-order valence-electron chi connectivity index (χ1n) is 6.10. The van der Waals surface area contributed by atoms with Gasteiger partial charge in [-0.1, -0.05) is 0 Å². The maximum atomic E-state index is 12.8. The highest BCUT2D eigenvalue weighted by atomic mass is 19.1. The number of amides is 3. The highest BCUT2D eigenvalue weighted by Gasteiger charge is 2.44. The van der Waals surface area contributed by atoms with E-state index in [1.165, 1.54) is 29.2 Å². The van der Waals surface area contributed by atoms with Crippen LogP contribution in [-0.4, -0.2) is 53.4 Å². The average molecular weight is 278 g/mol. The van der Waals surface area contributed by atoms with Crippen LogP contribution in [0.15, 0.2) is 24.3 Å². The molecule has 0 aliphatic carbocycles. The summed E-state index contributed by atoms with van der Waals surface area (Å²) in [6.07, 6.45) is -0.658. The lowest BCUT2D eigenvalue weighted by molar-refractivity contribution is -0.129. The third-order valence-corrected chi connectivity index (χ3v) is 3.39. The predicted molar refractivity (Wildman–Crippen MR) is 64.3 cm³/mol. The second kappa shape index (κ2) is 4.59. The highest BCUT2D eigenvalue weighted by molar-refractivity contribution is 5.99. The number of carbonyl (C=O) groups is 3. The first-order valence-corrected chi connectivity index (χ1v) is 6.10. The maximum absolute atomic E-state index is 12.8. The fraction of sp³-hybridized carbons (Fsp3) is 0.308. The van der Waals surface area contributed by atoms with Crippen LogP contribution in [0, 0.1) is 5.82 Å². The molecule has 0 spiro atoms. The summed E-state index contributed by atoms with van der Waals surface area (Å²) >= 11 is 0. The smallest absolute Gasteiger partial charge is 0.417 e. The van der Waals surface area contributed by atoms with Crippen LogP contribution in [0.5, 0.6) is 0 Å². The van der Waals surface area contributed by atoms with Crippen molar-refractivity contribution >= 4 is 17.9 Å². The summed E-state index contributed by atoms with van der Waals surface area (Å²) in [6.45, 7) is 0.315. The molecular formula is C13H11FN2O4. The van der Waals surface area contributed by atoms with Gasteiger partial charge in [-0.15, -0.1) is 0 Å². The normalized spacial score (nSPS) is 19.1. The van der Waals surface area contributed by atoms with Gasteiger partial charge in [-0.05, 0) is 24.3 Å². The maximum Gasteiger partial charge on any atom is 0.417 e. The van der Waals surface area contributed by atoms with Gasteiger partial charge in [-0.2, -0.15) is 0 Å². The Balaban J connectivity index is 1.63. The van der Waals surface area contributed by atoms with E-state index in [4.69, 9.17) is 0 Å². The molecule has 0 radical (unpaired) electrons. The molecular weight excluding hydrogens is 267 g/mol. The molecule has 1 aromatic rings. The number of rotatable bonds is 2. The van der Waals surface area contributed by atoms with Crippen LogP contribution in [-0.2, 0) is 9.53 Å². The fourth-order valence-corrected chi connectivity index (χ4v) is 2.28. The fourth-order valence-electron chi connectivity index (χ4n) is 2.28. The summed E-state index contributed by atoms with van der Waals surface area (Å²) in [5, 5.41) is 0. The number of likely N-dealkylation sites (tertiary alicyclic amines) is 1. The minimum Gasteiger partial charge on any atom is -0.439 e. The van der Waals surface area contributed by atoms with Crippen LogP contribution in [0.2, 0.25) is 0 Å². The van der Waals surface area contributed by atoms with E-state index in [0.29, 0.717) is 5.56 Å². The molecule has 0 aromatic heterocycles. The number of cyclic esters (lactones) is 1. The van der Waals surface area contributed by atoms with Gasteiger partial charge in [0.25, 0.3) is 11.8 Å². The Hall–Kier alpha value is -2.44. The van der Waals surface area contributed by atoms with Crippen LogP contribution in [0.3, 0.4) is 0 Å². The quantitative estimate of drug-likeness (QED) is 0.795. The number of imide groups is 1. The van der Waals surface area contributed by atoms with Crippen molar-refractivity contribution in [2.24, 2.45) is 0 Å². The SMILES string of the molecule is O=C(c1ccc(F)cc1)N1CC(N2C(=O)COC2=O)C1. The minimum atomic E-state index is -0.658. The first-order chi connectivity index (χ1) is 9.56. The van der Waals surface area contributed by atoms with E-state index in [1.807, 2.05) is 0 Å². The zero-order chi connectivity index (χ0) is 14.3. The summed E-state index contributed by atoms with van der Waals surface area (Å²) in [5.74, 6) is -1.04. The lowest BCUT2D eigenvalue weighted by Gasteiger charge is -2.41. The van der Waals surface area contributed by atoms with Crippen molar-refractivity contribution < 1.29 is 23.5 Å². The number of hydrogen-bond acceptors (Lipinski definition) is 4. The summed E-state index contributed by atoms with van der Waals surface area (Å²) in [7, 11) is 0. The molecule has 2 saturated heterocycles. The Labute approximate surface area is 113 Å². The number of nitrogens with zero attached hydrogens (tertiary/aromatic N) is 2. The van der Waals surface area contributed by atoms with Crippen LogP contribution >= 0.6 is 0 Å². The first kappa shape index (κ1) is 12.6. The molecule has 0 bridgehead atoms. The van der Waals surface area contributed by atoms with Gasteiger partial charge in [0.15, 0.2) is 6.61 Å². The van der Waals surface area contributed by atoms with Crippen molar-refractivity contribution in [1.82, 2.24) is 9.80 Å². The second-order valence-electron chi connectivity index (χ2n) is 4.69. The second-order valence-corrected chi connectivity index (χ2v) is 4.69. The molecule has 20 heavy (non-hydrogen) atoms. The third kappa shape index (κ3) is 2.01. The van der Waals surface area contributed by atoms with Crippen molar-refractivity contribution in [3.8, 4) is 0 Å². The number of halogens is 1. The molecule has 104 valence electrons. The Morgan fingerprint density at radius 3 is 2.40 bits per heavy atom. The van der Waals surface area contributed by atoms with E-state index < -0.39 is 11.9 Å². The van der Waals surface area contributed by atoms with Crippen molar-refractivity contribution in [1.29, 1.82) is 0 Å².